The van der Waals surface area contributed by atoms with Crippen molar-refractivity contribution in [2.75, 3.05) is 18.8 Å². The van der Waals surface area contributed by atoms with Crippen LogP contribution in [-0.2, 0) is 25.7 Å². The molecular weight excluding hydrogens is 1680 g/mol. The van der Waals surface area contributed by atoms with Gasteiger partial charge < -0.3 is 15.2 Å². The second-order valence-corrected chi connectivity index (χ2v) is 29.5. The van der Waals surface area contributed by atoms with Crippen LogP contribution in [0.4, 0.5) is 13.2 Å². The first-order valence-corrected chi connectivity index (χ1v) is 38.0. The molecule has 0 saturated heterocycles. The summed E-state index contributed by atoms with van der Waals surface area (Å²) in [5, 5.41) is 49.2. The first kappa shape index (κ1) is 77.5. The van der Waals surface area contributed by atoms with Gasteiger partial charge in [-0.1, -0.05) is 270 Å². The maximum Gasteiger partial charge on any atom is 0.522 e. The van der Waals surface area contributed by atoms with Crippen molar-refractivity contribution in [1.29, 1.82) is 0 Å². The Kier molecular flexibility index (Phi) is 30.7. The van der Waals surface area contributed by atoms with E-state index < -0.39 is 39.5 Å². The Labute approximate surface area is 604 Å². The molecule has 0 saturated carbocycles. The van der Waals surface area contributed by atoms with Crippen LogP contribution >= 0.6 is 121 Å². The highest BCUT2D eigenvalue weighted by molar-refractivity contribution is 14.1. The summed E-state index contributed by atoms with van der Waals surface area (Å²) in [5.74, 6) is -0.833. The highest BCUT2D eigenvalue weighted by Gasteiger charge is 2.44. The molecule has 10 nitrogen and oxygen atoms in total. The number of halogens is 8. The van der Waals surface area contributed by atoms with Gasteiger partial charge in [-0.2, -0.15) is 21.6 Å². The van der Waals surface area contributed by atoms with Gasteiger partial charge in [0.2, 0.25) is 0 Å². The SMILES string of the molecule is Brc1cc2c3ccccc3sc2c2ccccc12.CC(=O)O.CS(=O)c1c(-c2ccccc2)cc(Br)c2ccccc12.CSc1c(-c2ccccc2)cc(Br)c2ccccc12.CSc1c(I)cc(Br)c2ccccc12.O=S(=O)(O)C(F)(F)F.OB(O)c1ccccc1.OO. The van der Waals surface area contributed by atoms with Gasteiger partial charge in [-0.15, -0.1) is 34.9 Å². The van der Waals surface area contributed by atoms with Crippen molar-refractivity contribution in [3.8, 4) is 22.3 Å². The lowest BCUT2D eigenvalue weighted by Gasteiger charge is -2.13. The number of hydrogen-bond donors (Lipinski definition) is 6. The zero-order valence-corrected chi connectivity index (χ0v) is 62.6. The van der Waals surface area contributed by atoms with E-state index in [0.717, 1.165) is 42.7 Å². The number of hydrogen-bond acceptors (Lipinski definition) is 11. The Bertz CT molecular complexity index is 4830. The molecule has 0 fully saturated rings. The first-order chi connectivity index (χ1) is 44.9. The van der Waals surface area contributed by atoms with Crippen LogP contribution in [-0.4, -0.2) is 80.2 Å². The highest BCUT2D eigenvalue weighted by Crippen LogP contribution is 2.43. The van der Waals surface area contributed by atoms with Crippen molar-refractivity contribution in [1.82, 2.24) is 0 Å². The molecule has 0 bridgehead atoms. The molecule has 13 aromatic rings. The zero-order chi connectivity index (χ0) is 68.9. The molecule has 486 valence electrons. The van der Waals surface area contributed by atoms with Gasteiger partial charge in [0.1, 0.15) is 0 Å². The topological polar surface area (TPSA) is 190 Å². The third-order valence-electron chi connectivity index (χ3n) is 13.4. The Morgan fingerprint density at radius 1 is 0.511 bits per heavy atom. The monoisotopic (exact) mass is 1730 g/mol. The van der Waals surface area contributed by atoms with E-state index in [1.54, 1.807) is 42.3 Å². The fourth-order valence-electron chi connectivity index (χ4n) is 9.41. The molecule has 1 aromatic heterocycles. The molecule has 0 aliphatic carbocycles. The molecular formula is C70H57BBr4F3IO10S5. The fraction of sp³-hybridized carbons (Fsp3) is 0.0714. The molecule has 13 rings (SSSR count). The van der Waals surface area contributed by atoms with Gasteiger partial charge in [-0.25, -0.2) is 0 Å². The molecule has 1 atom stereocenters. The van der Waals surface area contributed by atoms with E-state index in [1.165, 1.54) is 85.9 Å². The van der Waals surface area contributed by atoms with Crippen molar-refractivity contribution in [3.05, 3.63) is 258 Å². The Balaban J connectivity index is 0.000000180. The summed E-state index contributed by atoms with van der Waals surface area (Å²) in [5.41, 5.74) is -0.344. The van der Waals surface area contributed by atoms with Crippen LogP contribution in [0.15, 0.2) is 269 Å². The Morgan fingerprint density at radius 3 is 1.27 bits per heavy atom. The van der Waals surface area contributed by atoms with Crippen LogP contribution in [0.3, 0.4) is 0 Å². The standard InChI is InChI=1S/C17H13BrOS.C17H13BrS.C16H9BrS.C11H8BrIS.C6H7BO2.C2H4O2.CHF3O3S.H2O2/c1-20(19)17-14-10-6-5-9-13(14)16(18)11-15(17)12-7-3-2-4-8-12;1-19-17-14-10-6-5-9-13(14)16(18)11-15(17)12-7-3-2-4-8-12;17-14-9-13-11-6-3-4-8-15(11)18-16(13)12-7-2-1-5-10(12)14;1-14-11-8-5-3-2-4-7(8)9(12)6-10(11)13;8-7(9)6-4-2-1-3-5-6;1-2(3)4;2-1(3,4)8(5,6)7;1-2/h2-11H,1H3;2-11H,1H3;1-9H;2-6H,1H3;1-5,8-9H;1H3,(H,3,4);(H,5,6,7);1-2H. The third kappa shape index (κ3) is 20.8. The minimum Gasteiger partial charge on any atom is -0.481 e. The number of rotatable bonds is 6. The molecule has 0 spiro atoms. The van der Waals surface area contributed by atoms with Gasteiger partial charge in [0.15, 0.2) is 0 Å². The number of benzene rings is 12. The average molecular weight is 1730 g/mol. The Morgan fingerprint density at radius 2 is 0.840 bits per heavy atom. The summed E-state index contributed by atoms with van der Waals surface area (Å²) in [7, 11) is -8.23. The lowest BCUT2D eigenvalue weighted by Crippen LogP contribution is -2.29. The number of alkyl halides is 3. The van der Waals surface area contributed by atoms with Crippen LogP contribution in [0.5, 0.6) is 0 Å². The summed E-state index contributed by atoms with van der Waals surface area (Å²) in [6, 6.07) is 80.3. The molecule has 6 N–H and O–H groups in total. The minimum absolute atomic E-state index is 0.525. The lowest BCUT2D eigenvalue weighted by molar-refractivity contribution is -0.176. The van der Waals surface area contributed by atoms with Crippen molar-refractivity contribution in [3.63, 3.8) is 0 Å². The maximum absolute atomic E-state index is 12.3. The normalized spacial score (nSPS) is 11.1. The third-order valence-corrected chi connectivity index (χ3v) is 21.7. The molecule has 1 heterocycles. The molecule has 0 aliphatic rings. The van der Waals surface area contributed by atoms with Crippen molar-refractivity contribution in [2.24, 2.45) is 0 Å². The summed E-state index contributed by atoms with van der Waals surface area (Å²) in [6.45, 7) is 1.08. The molecule has 94 heavy (non-hydrogen) atoms. The van der Waals surface area contributed by atoms with Crippen molar-refractivity contribution in [2.45, 2.75) is 27.1 Å². The molecule has 12 aromatic carbocycles. The van der Waals surface area contributed by atoms with Crippen LogP contribution in [0.25, 0.3) is 85.5 Å². The van der Waals surface area contributed by atoms with E-state index in [2.05, 4.69) is 250 Å². The van der Waals surface area contributed by atoms with Crippen LogP contribution in [0, 0.1) is 3.57 Å². The van der Waals surface area contributed by atoms with Crippen LogP contribution in [0.1, 0.15) is 6.92 Å². The van der Waals surface area contributed by atoms with Crippen molar-refractivity contribution >= 4 is 224 Å². The number of aliphatic carboxylic acids is 1. The molecule has 1 unspecified atom stereocenters. The van der Waals surface area contributed by atoms with Gasteiger partial charge in [0.25, 0.3) is 5.97 Å². The Hall–Kier alpha value is -5.53. The van der Waals surface area contributed by atoms with E-state index in [1.807, 2.05) is 83.8 Å². The smallest absolute Gasteiger partial charge is 0.481 e. The van der Waals surface area contributed by atoms with E-state index in [9.17, 15) is 17.4 Å². The van der Waals surface area contributed by atoms with E-state index in [-0.39, 0.29) is 0 Å². The summed E-state index contributed by atoms with van der Waals surface area (Å²) >= 11 is 22.5. The molecule has 0 radical (unpaired) electrons. The van der Waals surface area contributed by atoms with Crippen LogP contribution in [0.2, 0.25) is 0 Å². The second kappa shape index (κ2) is 37.3. The van der Waals surface area contributed by atoms with Gasteiger partial charge in [-0.3, -0.25) is 24.1 Å². The quantitative estimate of drug-likeness (QED) is 0.0176. The lowest BCUT2D eigenvalue weighted by atomic mass is 9.81. The molecule has 24 heteroatoms. The molecule has 0 aliphatic heterocycles. The van der Waals surface area contributed by atoms with E-state index in [4.69, 9.17) is 43.4 Å². The van der Waals surface area contributed by atoms with Crippen LogP contribution < -0.4 is 5.46 Å². The van der Waals surface area contributed by atoms with E-state index >= 15 is 0 Å². The summed E-state index contributed by atoms with van der Waals surface area (Å²) in [4.78, 5) is 12.6. The highest BCUT2D eigenvalue weighted by atomic mass is 127. The number of carboxylic acids is 1. The van der Waals surface area contributed by atoms with Gasteiger partial charge in [0, 0.05) is 70.0 Å². The van der Waals surface area contributed by atoms with Crippen molar-refractivity contribution < 1.29 is 60.8 Å². The zero-order valence-electron chi connectivity index (χ0n) is 50.0. The first-order valence-electron chi connectivity index (χ1n) is 27.5. The number of thiophene rings is 1. The average Bonchev–Trinajstić information content (AvgIpc) is 1.51. The number of thioether (sulfide) groups is 2. The largest absolute Gasteiger partial charge is 0.522 e. The summed E-state index contributed by atoms with van der Waals surface area (Å²) < 4.78 is 78.4. The number of fused-ring (bicyclic) bond motifs is 8. The minimum atomic E-state index is -5.84. The maximum atomic E-state index is 12.3. The number of carboxylic acid groups (broad SMARTS) is 1. The summed E-state index contributed by atoms with van der Waals surface area (Å²) in [6.07, 6.45) is 6.00. The van der Waals surface area contributed by atoms with Gasteiger partial charge >= 0.3 is 22.7 Å². The van der Waals surface area contributed by atoms with E-state index in [0.29, 0.717) is 5.46 Å². The van der Waals surface area contributed by atoms with Gasteiger partial charge in [-0.05, 0) is 131 Å². The second-order valence-electron chi connectivity index (χ2n) is 19.5. The number of carbonyl (C=O) groups is 1. The molecule has 0 amide bonds. The predicted octanol–water partition coefficient (Wildman–Crippen LogP) is 21.8. The van der Waals surface area contributed by atoms with Gasteiger partial charge in [0.05, 0.1) is 15.7 Å². The predicted molar refractivity (Wildman–Crippen MR) is 411 cm³/mol. The fourth-order valence-corrected chi connectivity index (χ4v) is 17.0.